The van der Waals surface area contributed by atoms with Gasteiger partial charge in [0.15, 0.2) is 0 Å². The molecule has 2 aromatic carbocycles. The predicted molar refractivity (Wildman–Crippen MR) is 105 cm³/mol. The molecule has 1 saturated carbocycles. The SMILES string of the molecule is Cc1ccc2c(c1)ncn2C1CCC(CNc2ccc(Cl)cc2)CC1. The highest BCUT2D eigenvalue weighted by atomic mass is 35.5. The van der Waals surface area contributed by atoms with Crippen LogP contribution in [0.2, 0.25) is 5.02 Å². The molecule has 0 amide bonds. The van der Waals surface area contributed by atoms with E-state index in [0.29, 0.717) is 6.04 Å². The van der Waals surface area contributed by atoms with Crippen molar-refractivity contribution in [1.29, 1.82) is 0 Å². The van der Waals surface area contributed by atoms with E-state index in [1.54, 1.807) is 0 Å². The minimum Gasteiger partial charge on any atom is -0.385 e. The molecule has 0 aliphatic heterocycles. The van der Waals surface area contributed by atoms with Crippen LogP contribution in [-0.2, 0) is 0 Å². The van der Waals surface area contributed by atoms with Gasteiger partial charge < -0.3 is 9.88 Å². The summed E-state index contributed by atoms with van der Waals surface area (Å²) in [5.74, 6) is 0.740. The van der Waals surface area contributed by atoms with Gasteiger partial charge in [0.25, 0.3) is 0 Å². The standard InChI is InChI=1S/C21H24ClN3/c1-15-2-11-21-20(12-15)24-14-25(21)19-9-3-16(4-10-19)13-23-18-7-5-17(22)6-8-18/h2,5-8,11-12,14,16,19,23H,3-4,9-10,13H2,1H3. The van der Waals surface area contributed by atoms with Gasteiger partial charge in [-0.2, -0.15) is 0 Å². The molecule has 0 saturated heterocycles. The Labute approximate surface area is 154 Å². The number of nitrogens with zero attached hydrogens (tertiary/aromatic N) is 2. The largest absolute Gasteiger partial charge is 0.385 e. The normalized spacial score (nSPS) is 20.7. The Hall–Kier alpha value is -2.00. The lowest BCUT2D eigenvalue weighted by Gasteiger charge is -2.30. The second-order valence-electron chi connectivity index (χ2n) is 7.21. The summed E-state index contributed by atoms with van der Waals surface area (Å²) < 4.78 is 2.39. The molecule has 3 nitrogen and oxygen atoms in total. The van der Waals surface area contributed by atoms with Gasteiger partial charge in [-0.15, -0.1) is 0 Å². The van der Waals surface area contributed by atoms with Gasteiger partial charge in [0, 0.05) is 23.3 Å². The minimum atomic E-state index is 0.583. The van der Waals surface area contributed by atoms with E-state index in [0.717, 1.165) is 28.7 Å². The van der Waals surface area contributed by atoms with Crippen LogP contribution in [0.25, 0.3) is 11.0 Å². The van der Waals surface area contributed by atoms with Crippen LogP contribution in [0.5, 0.6) is 0 Å². The molecule has 1 aliphatic rings. The van der Waals surface area contributed by atoms with Gasteiger partial charge in [0.05, 0.1) is 17.4 Å². The van der Waals surface area contributed by atoms with E-state index in [1.165, 1.54) is 36.8 Å². The lowest BCUT2D eigenvalue weighted by atomic mass is 9.85. The van der Waals surface area contributed by atoms with Crippen LogP contribution in [0.3, 0.4) is 0 Å². The van der Waals surface area contributed by atoms with Crippen LogP contribution in [0.4, 0.5) is 5.69 Å². The van der Waals surface area contributed by atoms with Crippen LogP contribution in [-0.4, -0.2) is 16.1 Å². The second kappa shape index (κ2) is 7.09. The topological polar surface area (TPSA) is 29.9 Å². The van der Waals surface area contributed by atoms with E-state index in [4.69, 9.17) is 11.6 Å². The Kier molecular flexibility index (Phi) is 4.67. The molecule has 3 aromatic rings. The molecular weight excluding hydrogens is 330 g/mol. The van der Waals surface area contributed by atoms with Crippen molar-refractivity contribution in [1.82, 2.24) is 9.55 Å². The van der Waals surface area contributed by atoms with E-state index in [2.05, 4.69) is 40.0 Å². The maximum atomic E-state index is 5.94. The van der Waals surface area contributed by atoms with Gasteiger partial charge in [0.1, 0.15) is 0 Å². The molecular formula is C21H24ClN3. The smallest absolute Gasteiger partial charge is 0.0960 e. The van der Waals surface area contributed by atoms with Crippen molar-refractivity contribution in [3.63, 3.8) is 0 Å². The number of benzene rings is 2. The molecule has 4 rings (SSSR count). The van der Waals surface area contributed by atoms with E-state index < -0.39 is 0 Å². The first-order valence-electron chi connectivity index (χ1n) is 9.11. The number of nitrogens with one attached hydrogen (secondary N) is 1. The molecule has 1 N–H and O–H groups in total. The number of anilines is 1. The van der Waals surface area contributed by atoms with Crippen LogP contribution in [0, 0.1) is 12.8 Å². The van der Waals surface area contributed by atoms with E-state index >= 15 is 0 Å². The van der Waals surface area contributed by atoms with E-state index in [9.17, 15) is 0 Å². The Morgan fingerprint density at radius 2 is 1.84 bits per heavy atom. The highest BCUT2D eigenvalue weighted by molar-refractivity contribution is 6.30. The molecule has 0 radical (unpaired) electrons. The average Bonchev–Trinajstić information content (AvgIpc) is 3.04. The third-order valence-corrected chi connectivity index (χ3v) is 5.63. The van der Waals surface area contributed by atoms with Crippen molar-refractivity contribution in [3.05, 3.63) is 59.4 Å². The van der Waals surface area contributed by atoms with Crippen molar-refractivity contribution in [2.24, 2.45) is 5.92 Å². The zero-order valence-electron chi connectivity index (χ0n) is 14.6. The fourth-order valence-corrected chi connectivity index (χ4v) is 4.02. The third-order valence-electron chi connectivity index (χ3n) is 5.38. The molecule has 0 spiro atoms. The summed E-state index contributed by atoms with van der Waals surface area (Å²) in [5.41, 5.74) is 4.82. The number of imidazole rings is 1. The van der Waals surface area contributed by atoms with Gasteiger partial charge in [-0.3, -0.25) is 0 Å². The van der Waals surface area contributed by atoms with Gasteiger partial charge in [-0.25, -0.2) is 4.98 Å². The quantitative estimate of drug-likeness (QED) is 0.638. The minimum absolute atomic E-state index is 0.583. The Bertz CT molecular complexity index is 845. The maximum absolute atomic E-state index is 5.94. The lowest BCUT2D eigenvalue weighted by Crippen LogP contribution is -2.22. The van der Waals surface area contributed by atoms with Gasteiger partial charge >= 0.3 is 0 Å². The fraction of sp³-hybridized carbons (Fsp3) is 0.381. The van der Waals surface area contributed by atoms with Crippen molar-refractivity contribution in [2.45, 2.75) is 38.6 Å². The van der Waals surface area contributed by atoms with Crippen molar-refractivity contribution in [2.75, 3.05) is 11.9 Å². The summed E-state index contributed by atoms with van der Waals surface area (Å²) in [4.78, 5) is 4.60. The van der Waals surface area contributed by atoms with Gasteiger partial charge in [-0.1, -0.05) is 17.7 Å². The van der Waals surface area contributed by atoms with Gasteiger partial charge in [0.2, 0.25) is 0 Å². The van der Waals surface area contributed by atoms with E-state index in [1.807, 2.05) is 30.6 Å². The Morgan fingerprint density at radius 3 is 2.60 bits per heavy atom. The number of rotatable bonds is 4. The molecule has 130 valence electrons. The molecule has 1 heterocycles. The average molecular weight is 354 g/mol. The van der Waals surface area contributed by atoms with Crippen molar-refractivity contribution < 1.29 is 0 Å². The summed E-state index contributed by atoms with van der Waals surface area (Å²) in [6.07, 6.45) is 7.01. The Balaban J connectivity index is 1.35. The zero-order chi connectivity index (χ0) is 17.2. The van der Waals surface area contributed by atoms with Crippen molar-refractivity contribution >= 4 is 28.3 Å². The number of aryl methyl sites for hydroxylation is 1. The van der Waals surface area contributed by atoms with E-state index in [-0.39, 0.29) is 0 Å². The molecule has 0 bridgehead atoms. The first kappa shape index (κ1) is 16.5. The number of hydrogen-bond acceptors (Lipinski definition) is 2. The number of hydrogen-bond donors (Lipinski definition) is 1. The van der Waals surface area contributed by atoms with Crippen LogP contribution in [0.15, 0.2) is 48.8 Å². The molecule has 1 aliphatic carbocycles. The summed E-state index contributed by atoms with van der Waals surface area (Å²) in [6.45, 7) is 3.16. The van der Waals surface area contributed by atoms with Crippen LogP contribution < -0.4 is 5.32 Å². The van der Waals surface area contributed by atoms with Gasteiger partial charge in [-0.05, 0) is 80.5 Å². The number of aromatic nitrogens is 2. The first-order valence-corrected chi connectivity index (χ1v) is 9.49. The molecule has 1 fully saturated rings. The number of halogens is 1. The fourth-order valence-electron chi connectivity index (χ4n) is 3.89. The monoisotopic (exact) mass is 353 g/mol. The molecule has 4 heteroatoms. The summed E-state index contributed by atoms with van der Waals surface area (Å²) >= 11 is 5.94. The third kappa shape index (κ3) is 3.67. The summed E-state index contributed by atoms with van der Waals surface area (Å²) in [5, 5.41) is 4.34. The maximum Gasteiger partial charge on any atom is 0.0960 e. The zero-order valence-corrected chi connectivity index (χ0v) is 15.3. The molecule has 1 aromatic heterocycles. The number of fused-ring (bicyclic) bond motifs is 1. The first-order chi connectivity index (χ1) is 12.2. The highest BCUT2D eigenvalue weighted by Gasteiger charge is 2.23. The second-order valence-corrected chi connectivity index (χ2v) is 7.64. The molecule has 25 heavy (non-hydrogen) atoms. The highest BCUT2D eigenvalue weighted by Crippen LogP contribution is 2.34. The van der Waals surface area contributed by atoms with Crippen LogP contribution >= 0.6 is 11.6 Å². The Morgan fingerprint density at radius 1 is 1.08 bits per heavy atom. The summed E-state index contributed by atoms with van der Waals surface area (Å²) in [6, 6.07) is 15.1. The lowest BCUT2D eigenvalue weighted by molar-refractivity contribution is 0.287. The summed E-state index contributed by atoms with van der Waals surface area (Å²) in [7, 11) is 0. The van der Waals surface area contributed by atoms with Crippen LogP contribution in [0.1, 0.15) is 37.3 Å². The molecule has 0 unspecified atom stereocenters. The molecule has 0 atom stereocenters. The van der Waals surface area contributed by atoms with Crippen molar-refractivity contribution in [3.8, 4) is 0 Å². The predicted octanol–water partition coefficient (Wildman–Crippen LogP) is 5.84.